The number of nitrogens with one attached hydrogen (secondary N) is 1. The molecule has 4 N–H and O–H groups in total. The number of aromatic nitrogens is 3. The van der Waals surface area contributed by atoms with Crippen LogP contribution in [0.2, 0.25) is 0 Å². The van der Waals surface area contributed by atoms with Crippen LogP contribution >= 0.6 is 0 Å². The summed E-state index contributed by atoms with van der Waals surface area (Å²) < 4.78 is 2.11. The second-order valence-electron chi connectivity index (χ2n) is 6.69. The zero-order valence-corrected chi connectivity index (χ0v) is 16.8. The number of aliphatic carboxylic acids is 1. The van der Waals surface area contributed by atoms with Gasteiger partial charge in [0, 0.05) is 11.9 Å². The molecule has 0 bridgehead atoms. The van der Waals surface area contributed by atoms with Gasteiger partial charge in [-0.3, -0.25) is 9.59 Å². The minimum atomic E-state index is -0.822. The van der Waals surface area contributed by atoms with Crippen LogP contribution in [0.4, 0.5) is 0 Å². The number of benzene rings is 2. The maximum atomic E-state index is 11.8. The lowest BCUT2D eigenvalue weighted by atomic mass is 10.1. The van der Waals surface area contributed by atoms with Crippen molar-refractivity contribution in [3.63, 3.8) is 0 Å². The maximum Gasteiger partial charge on any atom is 0.317 e. The number of fused-ring (bicyclic) bond motifs is 3. The highest BCUT2D eigenvalue weighted by atomic mass is 16.4. The van der Waals surface area contributed by atoms with E-state index in [9.17, 15) is 9.59 Å². The zero-order valence-electron chi connectivity index (χ0n) is 16.8. The van der Waals surface area contributed by atoms with Crippen LogP contribution in [0.25, 0.3) is 21.9 Å². The minimum absolute atomic E-state index is 0.0417. The minimum Gasteiger partial charge on any atom is -0.480 e. The van der Waals surface area contributed by atoms with Crippen molar-refractivity contribution >= 4 is 33.8 Å². The molecule has 8 heteroatoms. The summed E-state index contributed by atoms with van der Waals surface area (Å²) in [5.41, 5.74) is 9.13. The number of carbonyl (C=O) groups is 2. The van der Waals surface area contributed by atoms with Crippen molar-refractivity contribution in [2.45, 2.75) is 13.5 Å². The number of primary amides is 1. The van der Waals surface area contributed by atoms with Crippen LogP contribution in [-0.2, 0) is 11.3 Å². The summed E-state index contributed by atoms with van der Waals surface area (Å²) in [6, 6.07) is 17.9. The van der Waals surface area contributed by atoms with E-state index in [1.165, 1.54) is 5.56 Å². The van der Waals surface area contributed by atoms with E-state index in [-0.39, 0.29) is 12.2 Å². The second-order valence-corrected chi connectivity index (χ2v) is 6.69. The first-order valence-corrected chi connectivity index (χ1v) is 9.38. The number of likely N-dealkylation sites (N-methyl/N-ethyl adjacent to an activating group) is 1. The van der Waals surface area contributed by atoms with Crippen molar-refractivity contribution < 1.29 is 14.7 Å². The quantitative estimate of drug-likeness (QED) is 0.468. The summed E-state index contributed by atoms with van der Waals surface area (Å²) in [6.07, 6.45) is 0. The number of hydrogen-bond acceptors (Lipinski definition) is 5. The van der Waals surface area contributed by atoms with Crippen LogP contribution in [-0.4, -0.2) is 45.1 Å². The van der Waals surface area contributed by atoms with Gasteiger partial charge in [0.05, 0.1) is 17.6 Å². The molecule has 0 atom stereocenters. The van der Waals surface area contributed by atoms with Gasteiger partial charge >= 0.3 is 5.97 Å². The molecule has 0 saturated carbocycles. The summed E-state index contributed by atoms with van der Waals surface area (Å²) in [5, 5.41) is 11.3. The number of aryl methyl sites for hydroxylation is 1. The number of carboxylic acids is 1. The molecule has 1 amide bonds. The highest BCUT2D eigenvalue weighted by molar-refractivity contribution is 6.11. The Hall–Kier alpha value is -3.78. The van der Waals surface area contributed by atoms with Crippen molar-refractivity contribution in [1.82, 2.24) is 19.9 Å². The van der Waals surface area contributed by atoms with Crippen LogP contribution in [0.1, 0.15) is 21.9 Å². The van der Waals surface area contributed by atoms with E-state index in [0.717, 1.165) is 22.2 Å². The predicted octanol–water partition coefficient (Wildman–Crippen LogP) is 2.33. The average Bonchev–Trinajstić information content (AvgIpc) is 3.04. The van der Waals surface area contributed by atoms with E-state index < -0.39 is 11.9 Å². The van der Waals surface area contributed by atoms with E-state index in [2.05, 4.69) is 32.0 Å². The number of hydrogen-bond donors (Lipinski definition) is 3. The van der Waals surface area contributed by atoms with Gasteiger partial charge in [-0.25, -0.2) is 9.97 Å². The summed E-state index contributed by atoms with van der Waals surface area (Å²) in [7, 11) is 1.59. The third-order valence-electron chi connectivity index (χ3n) is 4.52. The molecular formula is C22H23N5O3. The highest BCUT2D eigenvalue weighted by Crippen LogP contribution is 2.28. The topological polar surface area (TPSA) is 123 Å². The van der Waals surface area contributed by atoms with E-state index in [1.807, 2.05) is 49.4 Å². The molecule has 2 heterocycles. The van der Waals surface area contributed by atoms with Crippen LogP contribution in [0, 0.1) is 6.92 Å². The van der Waals surface area contributed by atoms with Gasteiger partial charge in [-0.1, -0.05) is 48.5 Å². The van der Waals surface area contributed by atoms with Gasteiger partial charge in [0.25, 0.3) is 5.91 Å². The molecular weight excluding hydrogens is 382 g/mol. The lowest BCUT2D eigenvalue weighted by Gasteiger charge is -2.09. The van der Waals surface area contributed by atoms with Crippen molar-refractivity contribution in [2.24, 2.45) is 5.73 Å². The summed E-state index contributed by atoms with van der Waals surface area (Å²) in [4.78, 5) is 30.4. The highest BCUT2D eigenvalue weighted by Gasteiger charge is 2.19. The lowest BCUT2D eigenvalue weighted by molar-refractivity contribution is -0.135. The first-order valence-electron chi connectivity index (χ1n) is 9.38. The summed E-state index contributed by atoms with van der Waals surface area (Å²) in [5.74, 6) is -0.554. The number of pyridine rings is 1. The third kappa shape index (κ3) is 4.44. The second kappa shape index (κ2) is 9.15. The van der Waals surface area contributed by atoms with Gasteiger partial charge in [-0.05, 0) is 25.6 Å². The van der Waals surface area contributed by atoms with Gasteiger partial charge in [-0.15, -0.1) is 0 Å². The van der Waals surface area contributed by atoms with Crippen molar-refractivity contribution in [3.8, 4) is 0 Å². The van der Waals surface area contributed by atoms with E-state index >= 15 is 0 Å². The van der Waals surface area contributed by atoms with Gasteiger partial charge in [-0.2, -0.15) is 0 Å². The molecule has 2 aromatic carbocycles. The van der Waals surface area contributed by atoms with Crippen LogP contribution < -0.4 is 11.1 Å². The average molecular weight is 405 g/mol. The Balaban J connectivity index is 0.000000377. The van der Waals surface area contributed by atoms with E-state index in [0.29, 0.717) is 12.1 Å². The molecule has 30 heavy (non-hydrogen) atoms. The van der Waals surface area contributed by atoms with Crippen LogP contribution in [0.15, 0.2) is 54.6 Å². The largest absolute Gasteiger partial charge is 0.480 e. The zero-order chi connectivity index (χ0) is 21.7. The SMILES string of the molecule is CNCC(=O)O.Cc1nc2c(C(N)=O)nc3ccccc3c2n1Cc1ccccc1. The maximum absolute atomic E-state index is 11.8. The third-order valence-corrected chi connectivity index (χ3v) is 4.52. The molecule has 0 radical (unpaired) electrons. The Morgan fingerprint density at radius 2 is 1.73 bits per heavy atom. The van der Waals surface area contributed by atoms with Crippen LogP contribution in [0.5, 0.6) is 0 Å². The number of carboxylic acid groups (broad SMARTS) is 1. The molecule has 154 valence electrons. The molecule has 0 spiro atoms. The van der Waals surface area contributed by atoms with E-state index in [4.69, 9.17) is 10.8 Å². The first kappa shape index (κ1) is 20.9. The standard InChI is InChI=1S/C19H16N4O.C3H7NO2/c1-12-21-16-17(19(20)24)22-15-10-6-5-9-14(15)18(16)23(12)11-13-7-3-2-4-8-13;1-4-2-3(5)6/h2-10H,11H2,1H3,(H2,20,24);4H,2H2,1H3,(H,5,6). The number of imidazole rings is 1. The number of amides is 1. The Bertz CT molecular complexity index is 1200. The Kier molecular flexibility index (Phi) is 6.38. The molecule has 0 aliphatic carbocycles. The molecule has 0 fully saturated rings. The summed E-state index contributed by atoms with van der Waals surface area (Å²) >= 11 is 0. The number of para-hydroxylation sites is 1. The fraction of sp³-hybridized carbons (Fsp3) is 0.182. The Morgan fingerprint density at radius 3 is 2.33 bits per heavy atom. The molecule has 4 aromatic rings. The smallest absolute Gasteiger partial charge is 0.317 e. The molecule has 0 aliphatic rings. The molecule has 0 saturated heterocycles. The lowest BCUT2D eigenvalue weighted by Crippen LogP contribution is -2.16. The fourth-order valence-corrected chi connectivity index (χ4v) is 3.23. The Morgan fingerprint density at radius 1 is 1.07 bits per heavy atom. The number of nitrogens with two attached hydrogens (primary N) is 1. The molecule has 0 unspecified atom stereocenters. The Labute approximate surface area is 173 Å². The number of carbonyl (C=O) groups excluding carboxylic acids is 1. The first-order chi connectivity index (χ1) is 14.4. The molecule has 4 rings (SSSR count). The summed E-state index contributed by atoms with van der Waals surface area (Å²) in [6.45, 7) is 2.65. The molecule has 2 aromatic heterocycles. The van der Waals surface area contributed by atoms with Crippen molar-refractivity contribution in [3.05, 3.63) is 71.7 Å². The van der Waals surface area contributed by atoms with Gasteiger partial charge < -0.3 is 20.7 Å². The van der Waals surface area contributed by atoms with Crippen molar-refractivity contribution in [2.75, 3.05) is 13.6 Å². The number of rotatable bonds is 5. The predicted molar refractivity (Wildman–Crippen MR) is 115 cm³/mol. The molecule has 0 aliphatic heterocycles. The van der Waals surface area contributed by atoms with Gasteiger partial charge in [0.1, 0.15) is 11.3 Å². The van der Waals surface area contributed by atoms with E-state index in [1.54, 1.807) is 7.05 Å². The van der Waals surface area contributed by atoms with Crippen LogP contribution in [0.3, 0.4) is 0 Å². The monoisotopic (exact) mass is 405 g/mol. The normalized spacial score (nSPS) is 10.6. The number of nitrogens with zero attached hydrogens (tertiary/aromatic N) is 3. The van der Waals surface area contributed by atoms with Crippen molar-refractivity contribution in [1.29, 1.82) is 0 Å². The van der Waals surface area contributed by atoms with Gasteiger partial charge in [0.15, 0.2) is 5.69 Å². The van der Waals surface area contributed by atoms with Gasteiger partial charge in [0.2, 0.25) is 0 Å². The fourth-order valence-electron chi connectivity index (χ4n) is 3.23. The molecule has 8 nitrogen and oxygen atoms in total.